The number of carbonyl (C=O) groups excluding carboxylic acids is 1. The van der Waals surface area contributed by atoms with Crippen LogP contribution in [0.5, 0.6) is 5.75 Å². The first-order valence-electron chi connectivity index (χ1n) is 13.4. The molecule has 0 fully saturated rings. The maximum atomic E-state index is 14.1. The lowest BCUT2D eigenvalue weighted by molar-refractivity contribution is -0.000450. The Labute approximate surface area is 231 Å². The van der Waals surface area contributed by atoms with Gasteiger partial charge >= 0.3 is 0 Å². The number of ether oxygens (including phenoxy) is 2. The van der Waals surface area contributed by atoms with Crippen LogP contribution in [0.4, 0.5) is 5.69 Å². The van der Waals surface area contributed by atoms with Crippen LogP contribution >= 0.6 is 0 Å². The number of amides is 1. The number of likely N-dealkylation sites (N-methyl/N-ethyl adjacent to an activating group) is 1. The molecule has 0 bridgehead atoms. The predicted molar refractivity (Wildman–Crippen MR) is 148 cm³/mol. The highest BCUT2D eigenvalue weighted by atomic mass is 32.2. The third-order valence-electron chi connectivity index (χ3n) is 6.95. The number of aryl methyl sites for hydroxylation is 2. The number of hydrogen-bond acceptors (Lipinski definition) is 9. The summed E-state index contributed by atoms with van der Waals surface area (Å²) in [7, 11) is -2.17. The molecule has 218 valence electrons. The number of nitrogens with one attached hydrogen (secondary N) is 2. The minimum atomic E-state index is -4.03. The molecule has 2 aromatic rings. The van der Waals surface area contributed by atoms with Crippen LogP contribution in [0, 0.1) is 19.8 Å². The van der Waals surface area contributed by atoms with E-state index in [0.29, 0.717) is 25.4 Å². The number of nitrogens with zero attached hydrogens (tertiary/aromatic N) is 2. The Hall–Kier alpha value is -2.67. The minimum absolute atomic E-state index is 0.0390. The van der Waals surface area contributed by atoms with Gasteiger partial charge in [-0.1, -0.05) is 12.1 Å². The molecule has 39 heavy (non-hydrogen) atoms. The number of hydrogen-bond donors (Lipinski definition) is 3. The van der Waals surface area contributed by atoms with Crippen molar-refractivity contribution in [2.45, 2.75) is 77.0 Å². The summed E-state index contributed by atoms with van der Waals surface area (Å²) in [5.74, 6) is 0.115. The summed E-state index contributed by atoms with van der Waals surface area (Å²) in [6, 6.07) is 4.17. The van der Waals surface area contributed by atoms with Crippen LogP contribution < -0.4 is 14.8 Å². The van der Waals surface area contributed by atoms with E-state index in [1.54, 1.807) is 30.9 Å². The van der Waals surface area contributed by atoms with Gasteiger partial charge in [-0.3, -0.25) is 9.52 Å². The standard InChI is InChI=1S/C27H42N4O7S/c1-17-15-31(18(2)16-32)27(33)23-13-22(30-39(34,35)26-20(4)29-38-21(26)5)10-11-24(23)37-19(3)9-7-8-12-36-25(17)14-28-6/h10-11,13,17-19,25,28,30,32H,7-9,12,14-16H2,1-6H3/t17-,18+,19-,25-/m1/s1. The van der Waals surface area contributed by atoms with Crippen molar-refractivity contribution in [3.05, 3.63) is 35.2 Å². The summed E-state index contributed by atoms with van der Waals surface area (Å²) in [5.41, 5.74) is 0.638. The lowest BCUT2D eigenvalue weighted by Crippen LogP contribution is -2.47. The molecule has 1 aliphatic heterocycles. The number of rotatable bonds is 7. The second-order valence-corrected chi connectivity index (χ2v) is 11.9. The van der Waals surface area contributed by atoms with Gasteiger partial charge in [-0.05, 0) is 72.2 Å². The van der Waals surface area contributed by atoms with E-state index in [2.05, 4.69) is 15.2 Å². The third-order valence-corrected chi connectivity index (χ3v) is 8.57. The van der Waals surface area contributed by atoms with Gasteiger partial charge in [0.2, 0.25) is 0 Å². The fourth-order valence-corrected chi connectivity index (χ4v) is 6.12. The van der Waals surface area contributed by atoms with Gasteiger partial charge in [0, 0.05) is 31.3 Å². The highest BCUT2D eigenvalue weighted by Gasteiger charge is 2.30. The van der Waals surface area contributed by atoms with Crippen molar-refractivity contribution in [3.63, 3.8) is 0 Å². The molecule has 1 aromatic carbocycles. The first-order chi connectivity index (χ1) is 18.5. The van der Waals surface area contributed by atoms with Crippen molar-refractivity contribution in [1.82, 2.24) is 15.4 Å². The summed E-state index contributed by atoms with van der Waals surface area (Å²) in [5, 5.41) is 16.9. The van der Waals surface area contributed by atoms with Crippen molar-refractivity contribution < 1.29 is 32.3 Å². The number of aliphatic hydroxyl groups is 1. The molecule has 12 heteroatoms. The zero-order valence-electron chi connectivity index (χ0n) is 23.7. The fraction of sp³-hybridized carbons (Fsp3) is 0.630. The zero-order chi connectivity index (χ0) is 28.7. The fourth-order valence-electron chi connectivity index (χ4n) is 4.74. The number of fused-ring (bicyclic) bond motifs is 1. The second kappa shape index (κ2) is 13.6. The maximum Gasteiger partial charge on any atom is 0.267 e. The molecule has 0 unspecified atom stereocenters. The third kappa shape index (κ3) is 7.71. The molecule has 3 rings (SSSR count). The van der Waals surface area contributed by atoms with Crippen LogP contribution in [0.2, 0.25) is 0 Å². The molecule has 0 spiro atoms. The number of sulfonamides is 1. The largest absolute Gasteiger partial charge is 0.490 e. The Morgan fingerprint density at radius 3 is 2.62 bits per heavy atom. The number of aromatic nitrogens is 1. The van der Waals surface area contributed by atoms with E-state index in [1.165, 1.54) is 13.0 Å². The summed E-state index contributed by atoms with van der Waals surface area (Å²) in [4.78, 5) is 15.6. The minimum Gasteiger partial charge on any atom is -0.490 e. The molecule has 0 aliphatic carbocycles. The average Bonchev–Trinajstić information content (AvgIpc) is 3.24. The summed E-state index contributed by atoms with van der Waals surface area (Å²) in [6.07, 6.45) is 2.24. The predicted octanol–water partition coefficient (Wildman–Crippen LogP) is 3.11. The Balaban J connectivity index is 2.04. The quantitative estimate of drug-likeness (QED) is 0.461. The first kappa shape index (κ1) is 30.9. The van der Waals surface area contributed by atoms with Gasteiger partial charge in [0.25, 0.3) is 15.9 Å². The van der Waals surface area contributed by atoms with Crippen molar-refractivity contribution >= 4 is 21.6 Å². The average molecular weight is 567 g/mol. The Morgan fingerprint density at radius 1 is 1.23 bits per heavy atom. The zero-order valence-corrected chi connectivity index (χ0v) is 24.5. The molecule has 1 aromatic heterocycles. The van der Waals surface area contributed by atoms with E-state index in [-0.39, 0.29) is 58.2 Å². The summed E-state index contributed by atoms with van der Waals surface area (Å²) >= 11 is 0. The van der Waals surface area contributed by atoms with Crippen LogP contribution in [0.25, 0.3) is 0 Å². The Bertz CT molecular complexity index is 1200. The highest BCUT2D eigenvalue weighted by Crippen LogP contribution is 2.30. The summed E-state index contributed by atoms with van der Waals surface area (Å²) < 4.78 is 46.3. The smallest absolute Gasteiger partial charge is 0.267 e. The number of aliphatic hydroxyl groups excluding tert-OH is 1. The molecule has 0 radical (unpaired) electrons. The molecular formula is C27H42N4O7S. The highest BCUT2D eigenvalue weighted by molar-refractivity contribution is 7.92. The van der Waals surface area contributed by atoms with Crippen LogP contribution in [0.3, 0.4) is 0 Å². The Kier molecular flexibility index (Phi) is 10.8. The van der Waals surface area contributed by atoms with E-state index in [0.717, 1.165) is 19.3 Å². The molecule has 0 saturated heterocycles. The van der Waals surface area contributed by atoms with Crippen molar-refractivity contribution in [2.24, 2.45) is 5.92 Å². The van der Waals surface area contributed by atoms with Gasteiger partial charge in [-0.15, -0.1) is 0 Å². The molecule has 4 atom stereocenters. The molecule has 2 heterocycles. The molecular weight excluding hydrogens is 524 g/mol. The second-order valence-electron chi connectivity index (χ2n) is 10.3. The van der Waals surface area contributed by atoms with E-state index >= 15 is 0 Å². The molecule has 0 saturated carbocycles. The van der Waals surface area contributed by atoms with Gasteiger partial charge in [-0.2, -0.15) is 0 Å². The van der Waals surface area contributed by atoms with E-state index in [1.807, 2.05) is 20.9 Å². The molecule has 1 aliphatic rings. The Morgan fingerprint density at radius 2 is 1.97 bits per heavy atom. The monoisotopic (exact) mass is 566 g/mol. The SMILES string of the molecule is CNC[C@H]1OCCCC[C@@H](C)Oc2ccc(NS(=O)(=O)c3c(C)noc3C)cc2C(=O)N([C@@H](C)CO)C[C@H]1C. The first-order valence-corrected chi connectivity index (χ1v) is 14.9. The maximum absolute atomic E-state index is 14.1. The van der Waals surface area contributed by atoms with Crippen molar-refractivity contribution in [2.75, 3.05) is 38.1 Å². The molecule has 3 N–H and O–H groups in total. The number of anilines is 1. The van der Waals surface area contributed by atoms with Gasteiger partial charge in [-0.25, -0.2) is 8.42 Å². The molecule has 11 nitrogen and oxygen atoms in total. The van der Waals surface area contributed by atoms with Crippen LogP contribution in [-0.2, 0) is 14.8 Å². The van der Waals surface area contributed by atoms with Crippen LogP contribution in [0.1, 0.15) is 61.8 Å². The van der Waals surface area contributed by atoms with Crippen molar-refractivity contribution in [3.8, 4) is 5.75 Å². The van der Waals surface area contributed by atoms with Gasteiger partial charge in [0.15, 0.2) is 10.7 Å². The van der Waals surface area contributed by atoms with E-state index < -0.39 is 16.1 Å². The normalized spacial score (nSPS) is 22.5. The van der Waals surface area contributed by atoms with E-state index in [9.17, 15) is 18.3 Å². The number of benzene rings is 1. The van der Waals surface area contributed by atoms with Gasteiger partial charge in [0.1, 0.15) is 11.4 Å². The summed E-state index contributed by atoms with van der Waals surface area (Å²) in [6.45, 7) is 10.1. The van der Waals surface area contributed by atoms with Crippen LogP contribution in [-0.4, -0.2) is 81.1 Å². The van der Waals surface area contributed by atoms with Gasteiger partial charge < -0.3 is 29.3 Å². The number of carbonyl (C=O) groups is 1. The molecule has 1 amide bonds. The van der Waals surface area contributed by atoms with Crippen molar-refractivity contribution in [1.29, 1.82) is 0 Å². The van der Waals surface area contributed by atoms with E-state index in [4.69, 9.17) is 14.0 Å². The lowest BCUT2D eigenvalue weighted by Gasteiger charge is -2.34. The lowest BCUT2D eigenvalue weighted by atomic mass is 10.0. The topological polar surface area (TPSA) is 143 Å². The van der Waals surface area contributed by atoms with Crippen LogP contribution in [0.15, 0.2) is 27.6 Å². The van der Waals surface area contributed by atoms with Gasteiger partial charge in [0.05, 0.1) is 30.4 Å².